The fourth-order valence-corrected chi connectivity index (χ4v) is 2.61. The number of hydrogen-bond acceptors (Lipinski definition) is 4. The third-order valence-electron chi connectivity index (χ3n) is 3.97. The van der Waals surface area contributed by atoms with Crippen LogP contribution >= 0.6 is 0 Å². The molecule has 1 saturated heterocycles. The van der Waals surface area contributed by atoms with Crippen LogP contribution < -0.4 is 10.9 Å². The van der Waals surface area contributed by atoms with Gasteiger partial charge in [-0.15, -0.1) is 0 Å². The number of halogens is 1. The number of hydrogen-bond donors (Lipinski definition) is 2. The Hall–Kier alpha value is -1.53. The fourth-order valence-electron chi connectivity index (χ4n) is 2.61. The average molecular weight is 280 g/mol. The molecule has 1 aromatic heterocycles. The van der Waals surface area contributed by atoms with Gasteiger partial charge >= 0.3 is 0 Å². The van der Waals surface area contributed by atoms with Crippen molar-refractivity contribution < 1.29 is 9.18 Å². The van der Waals surface area contributed by atoms with E-state index in [1.165, 1.54) is 12.3 Å². The van der Waals surface area contributed by atoms with E-state index >= 15 is 0 Å². The molecule has 2 rings (SSSR count). The Morgan fingerprint density at radius 3 is 2.65 bits per heavy atom. The standard InChI is InChI=1S/C14H21FN4O/c1-9-11(10(2)18-17-9)5-7-19(3)14(20)12-4-6-16-8-13(12)15/h4,6,8-11,17-18H,5,7H2,1-3H3. The molecule has 0 spiro atoms. The van der Waals surface area contributed by atoms with Crippen molar-refractivity contribution in [2.45, 2.75) is 32.4 Å². The Balaban J connectivity index is 1.93. The van der Waals surface area contributed by atoms with Crippen molar-refractivity contribution >= 4 is 5.91 Å². The first kappa shape index (κ1) is 14.9. The number of amides is 1. The summed E-state index contributed by atoms with van der Waals surface area (Å²) >= 11 is 0. The molecule has 2 unspecified atom stereocenters. The van der Waals surface area contributed by atoms with E-state index in [2.05, 4.69) is 29.7 Å². The SMILES string of the molecule is CC1NNC(C)C1CCN(C)C(=O)c1ccncc1F. The summed E-state index contributed by atoms with van der Waals surface area (Å²) in [5.41, 5.74) is 6.46. The highest BCUT2D eigenvalue weighted by atomic mass is 19.1. The summed E-state index contributed by atoms with van der Waals surface area (Å²) in [7, 11) is 1.70. The zero-order valence-corrected chi connectivity index (χ0v) is 12.1. The van der Waals surface area contributed by atoms with E-state index in [1.54, 1.807) is 11.9 Å². The van der Waals surface area contributed by atoms with Crippen molar-refractivity contribution in [1.82, 2.24) is 20.7 Å². The summed E-state index contributed by atoms with van der Waals surface area (Å²) < 4.78 is 13.5. The van der Waals surface area contributed by atoms with E-state index in [4.69, 9.17) is 0 Å². The van der Waals surface area contributed by atoms with Gasteiger partial charge in [0, 0.05) is 31.9 Å². The molecule has 0 aliphatic carbocycles. The largest absolute Gasteiger partial charge is 0.342 e. The number of carbonyl (C=O) groups excluding carboxylic acids is 1. The number of nitrogens with one attached hydrogen (secondary N) is 2. The van der Waals surface area contributed by atoms with E-state index in [0.29, 0.717) is 24.5 Å². The van der Waals surface area contributed by atoms with Gasteiger partial charge in [-0.25, -0.2) is 4.39 Å². The van der Waals surface area contributed by atoms with Crippen LogP contribution in [0.5, 0.6) is 0 Å². The van der Waals surface area contributed by atoms with Crippen LogP contribution in [0.25, 0.3) is 0 Å². The number of pyridine rings is 1. The normalized spacial score (nSPS) is 25.7. The minimum atomic E-state index is -0.574. The lowest BCUT2D eigenvalue weighted by molar-refractivity contribution is 0.0780. The summed E-state index contributed by atoms with van der Waals surface area (Å²) in [6.45, 7) is 4.83. The number of rotatable bonds is 4. The molecule has 2 heterocycles. The van der Waals surface area contributed by atoms with Gasteiger partial charge in [-0.1, -0.05) is 0 Å². The molecule has 1 aliphatic heterocycles. The maximum absolute atomic E-state index is 13.5. The lowest BCUT2D eigenvalue weighted by Crippen LogP contribution is -2.33. The smallest absolute Gasteiger partial charge is 0.256 e. The molecule has 5 nitrogen and oxygen atoms in total. The van der Waals surface area contributed by atoms with E-state index in [-0.39, 0.29) is 11.5 Å². The van der Waals surface area contributed by atoms with Crippen LogP contribution in [-0.4, -0.2) is 41.5 Å². The topological polar surface area (TPSA) is 57.3 Å². The first-order valence-electron chi connectivity index (χ1n) is 6.86. The van der Waals surface area contributed by atoms with Crippen molar-refractivity contribution in [3.05, 3.63) is 29.8 Å². The molecule has 6 heteroatoms. The molecule has 20 heavy (non-hydrogen) atoms. The van der Waals surface area contributed by atoms with E-state index < -0.39 is 5.82 Å². The molecule has 0 radical (unpaired) electrons. The van der Waals surface area contributed by atoms with Gasteiger partial charge in [0.15, 0.2) is 5.82 Å². The highest BCUT2D eigenvalue weighted by molar-refractivity contribution is 5.94. The lowest BCUT2D eigenvalue weighted by Gasteiger charge is -2.23. The Bertz CT molecular complexity index is 472. The van der Waals surface area contributed by atoms with Gasteiger partial charge in [-0.2, -0.15) is 0 Å². The van der Waals surface area contributed by atoms with E-state index in [9.17, 15) is 9.18 Å². The van der Waals surface area contributed by atoms with Crippen LogP contribution in [0.2, 0.25) is 0 Å². The summed E-state index contributed by atoms with van der Waals surface area (Å²) in [5.74, 6) is -0.424. The molecule has 0 aromatic carbocycles. The highest BCUT2D eigenvalue weighted by Gasteiger charge is 2.30. The molecular weight excluding hydrogens is 259 g/mol. The van der Waals surface area contributed by atoms with Crippen LogP contribution in [-0.2, 0) is 0 Å². The monoisotopic (exact) mass is 280 g/mol. The number of nitrogens with zero attached hydrogens (tertiary/aromatic N) is 2. The molecule has 110 valence electrons. The lowest BCUT2D eigenvalue weighted by atomic mass is 9.93. The van der Waals surface area contributed by atoms with Crippen molar-refractivity contribution in [3.8, 4) is 0 Å². The fraction of sp³-hybridized carbons (Fsp3) is 0.571. The molecule has 1 aliphatic rings. The molecule has 0 saturated carbocycles. The Labute approximate surface area is 118 Å². The van der Waals surface area contributed by atoms with E-state index in [0.717, 1.165) is 12.6 Å². The predicted molar refractivity (Wildman–Crippen MR) is 74.5 cm³/mol. The van der Waals surface area contributed by atoms with Gasteiger partial charge < -0.3 is 4.90 Å². The molecule has 2 atom stereocenters. The second-order valence-electron chi connectivity index (χ2n) is 5.40. The Morgan fingerprint density at radius 2 is 2.05 bits per heavy atom. The van der Waals surface area contributed by atoms with Gasteiger partial charge in [0.05, 0.1) is 11.8 Å². The van der Waals surface area contributed by atoms with Crippen molar-refractivity contribution in [3.63, 3.8) is 0 Å². The maximum Gasteiger partial charge on any atom is 0.256 e. The van der Waals surface area contributed by atoms with Crippen molar-refractivity contribution in [2.75, 3.05) is 13.6 Å². The van der Waals surface area contributed by atoms with Gasteiger partial charge in [0.25, 0.3) is 5.91 Å². The Kier molecular flexibility index (Phi) is 4.67. The number of hydrazine groups is 1. The quantitative estimate of drug-likeness (QED) is 0.869. The summed E-state index contributed by atoms with van der Waals surface area (Å²) in [6, 6.07) is 2.15. The summed E-state index contributed by atoms with van der Waals surface area (Å²) in [6.07, 6.45) is 3.37. The third-order valence-corrected chi connectivity index (χ3v) is 3.97. The van der Waals surface area contributed by atoms with Crippen LogP contribution in [0.1, 0.15) is 30.6 Å². The Morgan fingerprint density at radius 1 is 1.40 bits per heavy atom. The minimum Gasteiger partial charge on any atom is -0.342 e. The zero-order valence-electron chi connectivity index (χ0n) is 12.1. The molecule has 1 fully saturated rings. The maximum atomic E-state index is 13.5. The minimum absolute atomic E-state index is 0.0752. The molecule has 1 aromatic rings. The van der Waals surface area contributed by atoms with Crippen LogP contribution in [0.4, 0.5) is 4.39 Å². The van der Waals surface area contributed by atoms with Gasteiger partial charge in [0.1, 0.15) is 0 Å². The molecule has 0 bridgehead atoms. The van der Waals surface area contributed by atoms with Crippen molar-refractivity contribution in [2.24, 2.45) is 5.92 Å². The molecule has 2 N–H and O–H groups in total. The first-order chi connectivity index (χ1) is 9.50. The number of carbonyl (C=O) groups is 1. The van der Waals surface area contributed by atoms with Gasteiger partial charge in [0.2, 0.25) is 0 Å². The predicted octanol–water partition coefficient (Wildman–Crippen LogP) is 1.18. The number of aromatic nitrogens is 1. The van der Waals surface area contributed by atoms with Crippen LogP contribution in [0.15, 0.2) is 18.5 Å². The van der Waals surface area contributed by atoms with Crippen molar-refractivity contribution in [1.29, 1.82) is 0 Å². The third kappa shape index (κ3) is 3.13. The van der Waals surface area contributed by atoms with Gasteiger partial charge in [-0.05, 0) is 32.3 Å². The van der Waals surface area contributed by atoms with E-state index in [1.807, 2.05) is 0 Å². The highest BCUT2D eigenvalue weighted by Crippen LogP contribution is 2.19. The van der Waals surface area contributed by atoms with Crippen LogP contribution in [0, 0.1) is 11.7 Å². The summed E-state index contributed by atoms with van der Waals surface area (Å²) in [5, 5.41) is 0. The second-order valence-corrected chi connectivity index (χ2v) is 5.40. The second kappa shape index (κ2) is 6.28. The molecular formula is C14H21FN4O. The van der Waals surface area contributed by atoms with Gasteiger partial charge in [-0.3, -0.25) is 20.6 Å². The molecule has 1 amide bonds. The summed E-state index contributed by atoms with van der Waals surface area (Å²) in [4.78, 5) is 17.4. The average Bonchev–Trinajstić information content (AvgIpc) is 2.75. The zero-order chi connectivity index (χ0) is 14.7. The van der Waals surface area contributed by atoms with Crippen LogP contribution in [0.3, 0.4) is 0 Å². The first-order valence-corrected chi connectivity index (χ1v) is 6.86.